The van der Waals surface area contributed by atoms with Crippen LogP contribution in [0.1, 0.15) is 24.0 Å². The number of hydrogen-bond acceptors (Lipinski definition) is 2. The Morgan fingerprint density at radius 2 is 2.13 bits per heavy atom. The van der Waals surface area contributed by atoms with E-state index in [4.69, 9.17) is 22.4 Å². The van der Waals surface area contributed by atoms with Gasteiger partial charge in [0.15, 0.2) is 0 Å². The molecular weight excluding hydrogens is 214 g/mol. The summed E-state index contributed by atoms with van der Waals surface area (Å²) in [7, 11) is 0. The Kier molecular flexibility index (Phi) is 3.72. The van der Waals surface area contributed by atoms with Crippen LogP contribution in [-0.4, -0.2) is 17.1 Å². The Labute approximate surface area is 93.9 Å². The number of nitrogens with two attached hydrogens (primary N) is 1. The normalized spacial score (nSPS) is 14.7. The smallest absolute Gasteiger partial charge is 0.321 e. The van der Waals surface area contributed by atoms with E-state index >= 15 is 0 Å². The van der Waals surface area contributed by atoms with Gasteiger partial charge >= 0.3 is 5.97 Å². The minimum Gasteiger partial charge on any atom is -0.480 e. The summed E-state index contributed by atoms with van der Waals surface area (Å²) in [4.78, 5) is 10.8. The summed E-state index contributed by atoms with van der Waals surface area (Å²) in [6, 6.07) is 4.51. The van der Waals surface area contributed by atoms with E-state index in [0.29, 0.717) is 5.02 Å². The van der Waals surface area contributed by atoms with Gasteiger partial charge in [-0.25, -0.2) is 0 Å². The molecule has 0 radical (unpaired) electrons. The van der Waals surface area contributed by atoms with Crippen molar-refractivity contribution in [2.45, 2.75) is 25.8 Å². The number of carboxylic acids is 1. The fourth-order valence-electron chi connectivity index (χ4n) is 1.51. The van der Waals surface area contributed by atoms with E-state index in [1.807, 2.05) is 13.0 Å². The van der Waals surface area contributed by atoms with Crippen molar-refractivity contribution in [3.05, 3.63) is 34.3 Å². The number of aryl methyl sites for hydroxylation is 1. The van der Waals surface area contributed by atoms with E-state index < -0.39 is 12.0 Å². The molecule has 1 aromatic rings. The molecule has 3 nitrogen and oxygen atoms in total. The predicted octanol–water partition coefficient (Wildman–Crippen LogP) is 2.16. The lowest BCUT2D eigenvalue weighted by Crippen LogP contribution is -2.35. The van der Waals surface area contributed by atoms with Crippen molar-refractivity contribution >= 4 is 17.6 Å². The minimum absolute atomic E-state index is 0.249. The number of carbonyl (C=O) groups is 1. The van der Waals surface area contributed by atoms with Crippen LogP contribution in [0.5, 0.6) is 0 Å². The second-order valence-corrected chi connectivity index (χ2v) is 4.09. The fraction of sp³-hybridized carbons (Fsp3) is 0.364. The van der Waals surface area contributed by atoms with Crippen LogP contribution in [0.3, 0.4) is 0 Å². The Hall–Kier alpha value is -1.06. The standard InChI is InChI=1S/C11H14ClNO2/c1-6-3-4-8(12)5-9(6)7(2)10(13)11(14)15/h3-5,7,10H,13H2,1-2H3,(H,14,15). The number of halogens is 1. The van der Waals surface area contributed by atoms with Crippen LogP contribution >= 0.6 is 11.6 Å². The van der Waals surface area contributed by atoms with Gasteiger partial charge in [-0.05, 0) is 30.2 Å². The Bertz CT molecular complexity index is 379. The molecule has 1 rings (SSSR count). The number of rotatable bonds is 3. The van der Waals surface area contributed by atoms with Crippen molar-refractivity contribution in [3.63, 3.8) is 0 Å². The van der Waals surface area contributed by atoms with Crippen molar-refractivity contribution in [2.24, 2.45) is 5.73 Å². The van der Waals surface area contributed by atoms with Crippen molar-refractivity contribution in [3.8, 4) is 0 Å². The van der Waals surface area contributed by atoms with Gasteiger partial charge in [0.25, 0.3) is 0 Å². The van der Waals surface area contributed by atoms with Gasteiger partial charge in [-0.3, -0.25) is 4.79 Å². The largest absolute Gasteiger partial charge is 0.480 e. The van der Waals surface area contributed by atoms with E-state index in [9.17, 15) is 4.79 Å². The lowest BCUT2D eigenvalue weighted by atomic mass is 9.91. The Morgan fingerprint density at radius 3 is 2.67 bits per heavy atom. The summed E-state index contributed by atoms with van der Waals surface area (Å²) < 4.78 is 0. The van der Waals surface area contributed by atoms with Gasteiger partial charge in [-0.15, -0.1) is 0 Å². The number of benzene rings is 1. The fourth-order valence-corrected chi connectivity index (χ4v) is 1.69. The first-order valence-corrected chi connectivity index (χ1v) is 5.05. The Balaban J connectivity index is 3.04. The number of aliphatic carboxylic acids is 1. The molecule has 0 bridgehead atoms. The van der Waals surface area contributed by atoms with Gasteiger partial charge in [0.1, 0.15) is 6.04 Å². The molecule has 1 aromatic carbocycles. The van der Waals surface area contributed by atoms with Gasteiger partial charge < -0.3 is 10.8 Å². The number of carboxylic acid groups (broad SMARTS) is 1. The van der Waals surface area contributed by atoms with Crippen LogP contribution in [0.2, 0.25) is 5.02 Å². The molecule has 2 atom stereocenters. The average Bonchev–Trinajstić information content (AvgIpc) is 2.19. The van der Waals surface area contributed by atoms with E-state index in [-0.39, 0.29) is 5.92 Å². The third kappa shape index (κ3) is 2.70. The Morgan fingerprint density at radius 1 is 1.53 bits per heavy atom. The first kappa shape index (κ1) is 12.0. The van der Waals surface area contributed by atoms with Crippen molar-refractivity contribution < 1.29 is 9.90 Å². The van der Waals surface area contributed by atoms with E-state index in [1.54, 1.807) is 19.1 Å². The third-order valence-corrected chi connectivity index (χ3v) is 2.79. The monoisotopic (exact) mass is 227 g/mol. The molecule has 0 spiro atoms. The topological polar surface area (TPSA) is 63.3 Å². The van der Waals surface area contributed by atoms with Crippen LogP contribution in [0.15, 0.2) is 18.2 Å². The summed E-state index contributed by atoms with van der Waals surface area (Å²) >= 11 is 5.86. The zero-order valence-corrected chi connectivity index (χ0v) is 9.45. The molecule has 0 heterocycles. The first-order valence-electron chi connectivity index (χ1n) is 4.68. The lowest BCUT2D eigenvalue weighted by molar-refractivity contribution is -0.139. The molecule has 15 heavy (non-hydrogen) atoms. The maximum Gasteiger partial charge on any atom is 0.321 e. The molecule has 0 aromatic heterocycles. The molecule has 82 valence electrons. The predicted molar refractivity (Wildman–Crippen MR) is 60.2 cm³/mol. The molecule has 4 heteroatoms. The average molecular weight is 228 g/mol. The van der Waals surface area contributed by atoms with Crippen LogP contribution in [-0.2, 0) is 4.79 Å². The van der Waals surface area contributed by atoms with Gasteiger partial charge in [-0.2, -0.15) is 0 Å². The first-order chi connectivity index (χ1) is 6.93. The number of hydrogen-bond donors (Lipinski definition) is 2. The lowest BCUT2D eigenvalue weighted by Gasteiger charge is -2.18. The van der Waals surface area contributed by atoms with E-state index in [1.165, 1.54) is 0 Å². The second-order valence-electron chi connectivity index (χ2n) is 3.65. The quantitative estimate of drug-likeness (QED) is 0.832. The molecule has 0 fully saturated rings. The SMILES string of the molecule is Cc1ccc(Cl)cc1C(C)C(N)C(=O)O. The van der Waals surface area contributed by atoms with Crippen molar-refractivity contribution in [2.75, 3.05) is 0 Å². The molecule has 2 unspecified atom stereocenters. The molecule has 0 saturated carbocycles. The molecule has 0 aliphatic heterocycles. The summed E-state index contributed by atoms with van der Waals surface area (Å²) in [5, 5.41) is 9.41. The molecule has 3 N–H and O–H groups in total. The maximum absolute atomic E-state index is 10.8. The van der Waals surface area contributed by atoms with Gasteiger partial charge in [0.05, 0.1) is 0 Å². The highest BCUT2D eigenvalue weighted by Gasteiger charge is 2.22. The van der Waals surface area contributed by atoms with Crippen molar-refractivity contribution in [1.82, 2.24) is 0 Å². The molecule has 0 aliphatic rings. The zero-order chi connectivity index (χ0) is 11.6. The van der Waals surface area contributed by atoms with Gasteiger partial charge in [0.2, 0.25) is 0 Å². The van der Waals surface area contributed by atoms with Crippen molar-refractivity contribution in [1.29, 1.82) is 0 Å². The summed E-state index contributed by atoms with van der Waals surface area (Å²) in [5.74, 6) is -1.25. The third-order valence-electron chi connectivity index (χ3n) is 2.56. The van der Waals surface area contributed by atoms with E-state index in [0.717, 1.165) is 11.1 Å². The maximum atomic E-state index is 10.8. The van der Waals surface area contributed by atoms with Gasteiger partial charge in [-0.1, -0.05) is 24.6 Å². The summed E-state index contributed by atoms with van der Waals surface area (Å²) in [5.41, 5.74) is 7.46. The van der Waals surface area contributed by atoms with E-state index in [2.05, 4.69) is 0 Å². The van der Waals surface area contributed by atoms with Crippen LogP contribution in [0.4, 0.5) is 0 Å². The molecule has 0 aliphatic carbocycles. The molecular formula is C11H14ClNO2. The summed E-state index contributed by atoms with van der Waals surface area (Å²) in [6.07, 6.45) is 0. The highest BCUT2D eigenvalue weighted by molar-refractivity contribution is 6.30. The highest BCUT2D eigenvalue weighted by Crippen LogP contribution is 2.25. The van der Waals surface area contributed by atoms with Crippen LogP contribution in [0.25, 0.3) is 0 Å². The van der Waals surface area contributed by atoms with Crippen LogP contribution < -0.4 is 5.73 Å². The van der Waals surface area contributed by atoms with Crippen LogP contribution in [0, 0.1) is 6.92 Å². The zero-order valence-electron chi connectivity index (χ0n) is 8.70. The molecule has 0 saturated heterocycles. The highest BCUT2D eigenvalue weighted by atomic mass is 35.5. The molecule has 0 amide bonds. The minimum atomic E-state index is -0.998. The second kappa shape index (κ2) is 4.64. The van der Waals surface area contributed by atoms with Gasteiger partial charge in [0, 0.05) is 10.9 Å². The summed E-state index contributed by atoms with van der Waals surface area (Å²) in [6.45, 7) is 3.70.